The second-order valence-electron chi connectivity index (χ2n) is 1.76. The number of hydrogen-bond donors (Lipinski definition) is 0. The molecule has 0 amide bonds. The van der Waals surface area contributed by atoms with Gasteiger partial charge in [0.2, 0.25) is 0 Å². The molecule has 0 saturated carbocycles. The van der Waals surface area contributed by atoms with Gasteiger partial charge in [0.15, 0.2) is 5.82 Å². The molecule has 5 heteroatoms. The summed E-state index contributed by atoms with van der Waals surface area (Å²) in [6, 6.07) is 1.30. The smallest absolute Gasteiger partial charge is 0.255 e. The summed E-state index contributed by atoms with van der Waals surface area (Å²) in [7, 11) is 0. The highest BCUT2D eigenvalue weighted by molar-refractivity contribution is 14.1. The average Bonchev–Trinajstić information content (AvgIpc) is 1.94. The molecule has 0 aliphatic carbocycles. The Kier molecular flexibility index (Phi) is 2.78. The van der Waals surface area contributed by atoms with Gasteiger partial charge in [0, 0.05) is 0 Å². The molecule has 0 spiro atoms. The first-order chi connectivity index (χ1) is 5.11. The molecule has 58 valence electrons. The average molecular weight is 285 g/mol. The van der Waals surface area contributed by atoms with Crippen LogP contribution in [-0.2, 0) is 0 Å². The highest BCUT2D eigenvalue weighted by Crippen LogP contribution is 2.11. The van der Waals surface area contributed by atoms with Gasteiger partial charge in [-0.1, -0.05) is 0 Å². The third-order valence-electron chi connectivity index (χ3n) is 1.03. The van der Waals surface area contributed by atoms with Crippen molar-refractivity contribution in [3.8, 4) is 0 Å². The van der Waals surface area contributed by atoms with E-state index >= 15 is 0 Å². The second-order valence-corrected chi connectivity index (χ2v) is 3.21. The number of aromatic nitrogens is 1. The summed E-state index contributed by atoms with van der Waals surface area (Å²) in [5.74, 6) is -0.689. The Bertz CT molecular complexity index is 305. The van der Waals surface area contributed by atoms with Crippen molar-refractivity contribution in [3.63, 3.8) is 0 Å². The number of carbonyl (C=O) groups excluding carboxylic acids is 1. The maximum atomic E-state index is 12.6. The van der Waals surface area contributed by atoms with Crippen LogP contribution in [0.5, 0.6) is 0 Å². The molecular weight excluding hydrogens is 283 g/mol. The van der Waals surface area contributed by atoms with Gasteiger partial charge in [-0.2, -0.15) is 0 Å². The fourth-order valence-electron chi connectivity index (χ4n) is 0.564. The number of hydrogen-bond acceptors (Lipinski definition) is 2. The maximum Gasteiger partial charge on any atom is 0.255 e. The van der Waals surface area contributed by atoms with Crippen LogP contribution in [0, 0.1) is 9.52 Å². The molecular formula is C6H2ClFINO. The Morgan fingerprint density at radius 1 is 1.73 bits per heavy atom. The van der Waals surface area contributed by atoms with E-state index in [1.165, 1.54) is 6.07 Å². The largest absolute Gasteiger partial charge is 0.275 e. The molecule has 0 radical (unpaired) electrons. The first kappa shape index (κ1) is 8.86. The highest BCUT2D eigenvalue weighted by atomic mass is 127. The zero-order chi connectivity index (χ0) is 8.43. The Labute approximate surface area is 80.9 Å². The molecule has 0 unspecified atom stereocenters. The quantitative estimate of drug-likeness (QED) is 0.450. The van der Waals surface area contributed by atoms with Crippen molar-refractivity contribution in [1.29, 1.82) is 0 Å². The topological polar surface area (TPSA) is 30.0 Å². The number of halogens is 3. The van der Waals surface area contributed by atoms with Crippen LogP contribution < -0.4 is 0 Å². The van der Waals surface area contributed by atoms with Crippen LogP contribution in [0.25, 0.3) is 0 Å². The molecule has 0 aliphatic rings. The van der Waals surface area contributed by atoms with Crippen LogP contribution in [-0.4, -0.2) is 10.2 Å². The van der Waals surface area contributed by atoms with E-state index in [0.29, 0.717) is 3.70 Å². The molecule has 0 bridgehead atoms. The van der Waals surface area contributed by atoms with Gasteiger partial charge in [-0.3, -0.25) is 4.79 Å². The van der Waals surface area contributed by atoms with E-state index in [1.807, 2.05) is 22.6 Å². The first-order valence-corrected chi connectivity index (χ1v) is 4.08. The van der Waals surface area contributed by atoms with Crippen LogP contribution in [0.15, 0.2) is 12.3 Å². The van der Waals surface area contributed by atoms with E-state index in [4.69, 9.17) is 11.6 Å². The molecule has 1 aromatic heterocycles. The van der Waals surface area contributed by atoms with Gasteiger partial charge in [0.05, 0.1) is 11.8 Å². The van der Waals surface area contributed by atoms with Crippen LogP contribution in [0.4, 0.5) is 4.39 Å². The molecule has 0 aromatic carbocycles. The predicted octanol–water partition coefficient (Wildman–Crippen LogP) is 2.20. The van der Waals surface area contributed by atoms with Gasteiger partial charge in [-0.15, -0.1) is 0 Å². The molecule has 0 fully saturated rings. The Balaban J connectivity index is 3.23. The Morgan fingerprint density at radius 3 is 2.82 bits per heavy atom. The normalized spacial score (nSPS) is 9.73. The number of pyridine rings is 1. The van der Waals surface area contributed by atoms with E-state index in [0.717, 1.165) is 6.20 Å². The summed E-state index contributed by atoms with van der Waals surface area (Å²) in [5, 5.41) is -0.803. The van der Waals surface area contributed by atoms with Crippen LogP contribution >= 0.6 is 34.2 Å². The van der Waals surface area contributed by atoms with Crippen molar-refractivity contribution < 1.29 is 9.18 Å². The molecule has 0 atom stereocenters. The first-order valence-electron chi connectivity index (χ1n) is 2.62. The summed E-state index contributed by atoms with van der Waals surface area (Å²) in [5.41, 5.74) is -0.133. The third kappa shape index (κ3) is 2.10. The summed E-state index contributed by atoms with van der Waals surface area (Å²) in [6.45, 7) is 0. The molecule has 0 saturated heterocycles. The Morgan fingerprint density at radius 2 is 2.36 bits per heavy atom. The zero-order valence-corrected chi connectivity index (χ0v) is 8.06. The standard InChI is InChI=1S/C6H2ClFINO/c7-6(11)3-1-5(9)10-2-4(3)8/h1-2H. The summed E-state index contributed by atoms with van der Waals surface area (Å²) in [6.07, 6.45) is 0.970. The third-order valence-corrected chi connectivity index (χ3v) is 1.83. The fraction of sp³-hybridized carbons (Fsp3) is 0. The summed E-state index contributed by atoms with van der Waals surface area (Å²) in [4.78, 5) is 14.1. The lowest BCUT2D eigenvalue weighted by Gasteiger charge is -1.95. The van der Waals surface area contributed by atoms with E-state index in [-0.39, 0.29) is 5.56 Å². The van der Waals surface area contributed by atoms with Gasteiger partial charge < -0.3 is 0 Å². The molecule has 1 aromatic rings. The number of nitrogens with zero attached hydrogens (tertiary/aromatic N) is 1. The van der Waals surface area contributed by atoms with Gasteiger partial charge >= 0.3 is 0 Å². The minimum absolute atomic E-state index is 0.133. The lowest BCUT2D eigenvalue weighted by molar-refractivity contribution is 0.107. The van der Waals surface area contributed by atoms with E-state index in [9.17, 15) is 9.18 Å². The summed E-state index contributed by atoms with van der Waals surface area (Å²) >= 11 is 6.94. The molecule has 1 heterocycles. The van der Waals surface area contributed by atoms with E-state index in [2.05, 4.69) is 4.98 Å². The SMILES string of the molecule is O=C(Cl)c1cc(I)ncc1F. The van der Waals surface area contributed by atoms with E-state index in [1.54, 1.807) is 0 Å². The van der Waals surface area contributed by atoms with E-state index < -0.39 is 11.1 Å². The van der Waals surface area contributed by atoms with Crippen molar-refractivity contribution >= 4 is 39.4 Å². The molecule has 11 heavy (non-hydrogen) atoms. The van der Waals surface area contributed by atoms with Crippen molar-refractivity contribution in [2.75, 3.05) is 0 Å². The predicted molar refractivity (Wildman–Crippen MR) is 47.1 cm³/mol. The van der Waals surface area contributed by atoms with Gasteiger partial charge in [0.1, 0.15) is 3.70 Å². The van der Waals surface area contributed by atoms with Gasteiger partial charge in [-0.05, 0) is 40.3 Å². The van der Waals surface area contributed by atoms with Crippen molar-refractivity contribution in [1.82, 2.24) is 4.98 Å². The molecule has 2 nitrogen and oxygen atoms in total. The zero-order valence-electron chi connectivity index (χ0n) is 5.14. The fourth-order valence-corrected chi connectivity index (χ4v) is 1.16. The van der Waals surface area contributed by atoms with Gasteiger partial charge in [-0.25, -0.2) is 9.37 Å². The summed E-state index contributed by atoms with van der Waals surface area (Å²) < 4.78 is 13.2. The second kappa shape index (κ2) is 3.44. The van der Waals surface area contributed by atoms with Crippen molar-refractivity contribution in [3.05, 3.63) is 27.3 Å². The minimum Gasteiger partial charge on any atom is -0.275 e. The van der Waals surface area contributed by atoms with Crippen LogP contribution in [0.3, 0.4) is 0 Å². The van der Waals surface area contributed by atoms with Crippen LogP contribution in [0.1, 0.15) is 10.4 Å². The lowest BCUT2D eigenvalue weighted by atomic mass is 10.3. The molecule has 1 rings (SSSR count). The van der Waals surface area contributed by atoms with Crippen LogP contribution in [0.2, 0.25) is 0 Å². The maximum absolute atomic E-state index is 12.6. The Hall–Kier alpha value is -0.230. The molecule has 0 aliphatic heterocycles. The van der Waals surface area contributed by atoms with Crippen molar-refractivity contribution in [2.45, 2.75) is 0 Å². The minimum atomic E-state index is -0.803. The monoisotopic (exact) mass is 285 g/mol. The highest BCUT2D eigenvalue weighted by Gasteiger charge is 2.09. The van der Waals surface area contributed by atoms with Gasteiger partial charge in [0.25, 0.3) is 5.24 Å². The van der Waals surface area contributed by atoms with Crippen molar-refractivity contribution in [2.24, 2.45) is 0 Å². The number of carbonyl (C=O) groups is 1. The molecule has 0 N–H and O–H groups in total. The lowest BCUT2D eigenvalue weighted by Crippen LogP contribution is -1.96. The number of rotatable bonds is 1.